The average molecular weight is 310 g/mol. The lowest BCUT2D eigenvalue weighted by Gasteiger charge is -2.48. The molecule has 0 atom stereocenters. The van der Waals surface area contributed by atoms with Gasteiger partial charge < -0.3 is 5.32 Å². The molecule has 1 aromatic rings. The molecule has 1 aliphatic rings. The summed E-state index contributed by atoms with van der Waals surface area (Å²) in [4.78, 5) is 0. The van der Waals surface area contributed by atoms with Gasteiger partial charge in [0.2, 0.25) is 0 Å². The molecular weight excluding hydrogens is 286 g/mol. The lowest BCUT2D eigenvalue weighted by molar-refractivity contribution is 0.134. The van der Waals surface area contributed by atoms with Gasteiger partial charge in [-0.05, 0) is 49.4 Å². The smallest absolute Gasteiger partial charge is 0.0175 e. The van der Waals surface area contributed by atoms with E-state index in [0.29, 0.717) is 5.41 Å². The van der Waals surface area contributed by atoms with E-state index in [0.717, 1.165) is 19.0 Å². The molecule has 0 spiro atoms. The Morgan fingerprint density at radius 3 is 2.44 bits per heavy atom. The van der Waals surface area contributed by atoms with Crippen LogP contribution in [0.2, 0.25) is 0 Å². The van der Waals surface area contributed by atoms with Crippen LogP contribution in [0.3, 0.4) is 0 Å². The minimum atomic E-state index is 0.399. The predicted molar refractivity (Wildman–Crippen MR) is 82.0 cm³/mol. The molecule has 18 heavy (non-hydrogen) atoms. The van der Waals surface area contributed by atoms with Crippen molar-refractivity contribution in [2.75, 3.05) is 13.1 Å². The minimum Gasteiger partial charge on any atom is -0.316 e. The predicted octanol–water partition coefficient (Wildman–Crippen LogP) is 4.51. The number of rotatable bonds is 6. The number of halogens is 1. The Bertz CT molecular complexity index is 365. The molecule has 0 amide bonds. The van der Waals surface area contributed by atoms with Crippen molar-refractivity contribution in [3.63, 3.8) is 0 Å². The van der Waals surface area contributed by atoms with Gasteiger partial charge in [-0.2, -0.15) is 0 Å². The SMILES string of the molecule is CCCNCC1(c2ccc(Br)cc2)CC(CC)C1. The van der Waals surface area contributed by atoms with Crippen LogP contribution in [0.25, 0.3) is 0 Å². The molecule has 0 radical (unpaired) electrons. The Morgan fingerprint density at radius 2 is 1.89 bits per heavy atom. The van der Waals surface area contributed by atoms with E-state index in [9.17, 15) is 0 Å². The van der Waals surface area contributed by atoms with Gasteiger partial charge in [-0.3, -0.25) is 0 Å². The summed E-state index contributed by atoms with van der Waals surface area (Å²) in [6.07, 6.45) is 5.24. The molecule has 1 aliphatic carbocycles. The van der Waals surface area contributed by atoms with Crippen LogP contribution in [0, 0.1) is 5.92 Å². The standard InChI is InChI=1S/C16H24BrN/c1-3-9-18-12-16(10-13(4-2)11-16)14-5-7-15(17)8-6-14/h5-8,13,18H,3-4,9-12H2,1-2H3. The third-order valence-electron chi connectivity index (χ3n) is 4.28. The first kappa shape index (κ1) is 14.1. The third kappa shape index (κ3) is 2.97. The molecule has 1 N–H and O–H groups in total. The van der Waals surface area contributed by atoms with Crippen molar-refractivity contribution >= 4 is 15.9 Å². The quantitative estimate of drug-likeness (QED) is 0.763. The van der Waals surface area contributed by atoms with E-state index < -0.39 is 0 Å². The Balaban J connectivity index is 2.08. The van der Waals surface area contributed by atoms with E-state index in [1.165, 1.54) is 35.7 Å². The molecule has 0 aromatic heterocycles. The molecule has 0 saturated heterocycles. The van der Waals surface area contributed by atoms with E-state index in [-0.39, 0.29) is 0 Å². The number of benzene rings is 1. The Labute approximate surface area is 119 Å². The number of hydrogen-bond donors (Lipinski definition) is 1. The molecule has 100 valence electrons. The first-order valence-corrected chi connectivity index (χ1v) is 7.96. The van der Waals surface area contributed by atoms with Crippen LogP contribution in [0.4, 0.5) is 0 Å². The maximum Gasteiger partial charge on any atom is 0.0175 e. The van der Waals surface area contributed by atoms with Crippen molar-refractivity contribution in [2.45, 2.75) is 44.9 Å². The molecular formula is C16H24BrN. The molecule has 1 fully saturated rings. The molecule has 1 saturated carbocycles. The normalized spacial score (nSPS) is 26.9. The summed E-state index contributed by atoms with van der Waals surface area (Å²) in [5.74, 6) is 0.928. The Hall–Kier alpha value is -0.340. The largest absolute Gasteiger partial charge is 0.316 e. The maximum absolute atomic E-state index is 3.62. The molecule has 0 heterocycles. The zero-order valence-electron chi connectivity index (χ0n) is 11.5. The van der Waals surface area contributed by atoms with Gasteiger partial charge in [-0.1, -0.05) is 48.3 Å². The molecule has 1 aromatic carbocycles. The lowest BCUT2D eigenvalue weighted by Crippen LogP contribution is -2.48. The molecule has 2 heteroatoms. The number of nitrogens with one attached hydrogen (secondary N) is 1. The van der Waals surface area contributed by atoms with Crippen LogP contribution in [0.5, 0.6) is 0 Å². The summed E-state index contributed by atoms with van der Waals surface area (Å²) in [6.45, 7) is 6.82. The summed E-state index contributed by atoms with van der Waals surface area (Å²) in [6, 6.07) is 8.94. The van der Waals surface area contributed by atoms with E-state index >= 15 is 0 Å². The van der Waals surface area contributed by atoms with E-state index in [2.05, 4.69) is 59.4 Å². The van der Waals surface area contributed by atoms with Crippen LogP contribution in [-0.2, 0) is 5.41 Å². The van der Waals surface area contributed by atoms with Crippen LogP contribution >= 0.6 is 15.9 Å². The van der Waals surface area contributed by atoms with Crippen LogP contribution in [0.1, 0.15) is 45.1 Å². The second-order valence-corrected chi connectivity index (χ2v) is 6.56. The fraction of sp³-hybridized carbons (Fsp3) is 0.625. The average Bonchev–Trinajstić information content (AvgIpc) is 2.34. The van der Waals surface area contributed by atoms with Crippen molar-refractivity contribution in [1.29, 1.82) is 0 Å². The highest BCUT2D eigenvalue weighted by Gasteiger charge is 2.43. The molecule has 0 unspecified atom stereocenters. The third-order valence-corrected chi connectivity index (χ3v) is 4.81. The summed E-state index contributed by atoms with van der Waals surface area (Å²) in [7, 11) is 0. The van der Waals surface area contributed by atoms with Gasteiger partial charge in [0.05, 0.1) is 0 Å². The van der Waals surface area contributed by atoms with Crippen molar-refractivity contribution in [3.8, 4) is 0 Å². The van der Waals surface area contributed by atoms with E-state index in [1.807, 2.05) is 0 Å². The fourth-order valence-electron chi connectivity index (χ4n) is 3.12. The summed E-state index contributed by atoms with van der Waals surface area (Å²) >= 11 is 3.53. The van der Waals surface area contributed by atoms with Gasteiger partial charge in [0, 0.05) is 16.4 Å². The molecule has 2 rings (SSSR count). The highest BCUT2D eigenvalue weighted by molar-refractivity contribution is 9.10. The van der Waals surface area contributed by atoms with E-state index in [4.69, 9.17) is 0 Å². The van der Waals surface area contributed by atoms with Crippen LogP contribution in [0.15, 0.2) is 28.7 Å². The fourth-order valence-corrected chi connectivity index (χ4v) is 3.39. The zero-order valence-corrected chi connectivity index (χ0v) is 13.1. The van der Waals surface area contributed by atoms with Gasteiger partial charge in [-0.25, -0.2) is 0 Å². The molecule has 0 aliphatic heterocycles. The van der Waals surface area contributed by atoms with Gasteiger partial charge in [-0.15, -0.1) is 0 Å². The van der Waals surface area contributed by atoms with Gasteiger partial charge in [0.15, 0.2) is 0 Å². The maximum atomic E-state index is 3.62. The van der Waals surface area contributed by atoms with E-state index in [1.54, 1.807) is 0 Å². The summed E-state index contributed by atoms with van der Waals surface area (Å²) < 4.78 is 1.18. The monoisotopic (exact) mass is 309 g/mol. The Morgan fingerprint density at radius 1 is 1.22 bits per heavy atom. The van der Waals surface area contributed by atoms with Crippen molar-refractivity contribution in [1.82, 2.24) is 5.32 Å². The first-order valence-electron chi connectivity index (χ1n) is 7.17. The van der Waals surface area contributed by atoms with Gasteiger partial charge in [0.1, 0.15) is 0 Å². The van der Waals surface area contributed by atoms with Crippen molar-refractivity contribution in [3.05, 3.63) is 34.3 Å². The molecule has 1 nitrogen and oxygen atoms in total. The second kappa shape index (κ2) is 6.21. The first-order chi connectivity index (χ1) is 8.70. The Kier molecular flexibility index (Phi) is 4.85. The van der Waals surface area contributed by atoms with Crippen LogP contribution in [-0.4, -0.2) is 13.1 Å². The number of hydrogen-bond acceptors (Lipinski definition) is 1. The van der Waals surface area contributed by atoms with Gasteiger partial charge >= 0.3 is 0 Å². The van der Waals surface area contributed by atoms with Crippen molar-refractivity contribution in [2.24, 2.45) is 5.92 Å². The highest BCUT2D eigenvalue weighted by Crippen LogP contribution is 2.48. The molecule has 0 bridgehead atoms. The zero-order chi connectivity index (χ0) is 13.0. The van der Waals surface area contributed by atoms with Gasteiger partial charge in [0.25, 0.3) is 0 Å². The minimum absolute atomic E-state index is 0.399. The second-order valence-electron chi connectivity index (χ2n) is 5.65. The highest BCUT2D eigenvalue weighted by atomic mass is 79.9. The summed E-state index contributed by atoms with van der Waals surface area (Å²) in [5, 5.41) is 3.62. The topological polar surface area (TPSA) is 12.0 Å². The van der Waals surface area contributed by atoms with Crippen LogP contribution < -0.4 is 5.32 Å². The van der Waals surface area contributed by atoms with Crippen molar-refractivity contribution < 1.29 is 0 Å². The lowest BCUT2D eigenvalue weighted by atomic mass is 9.58. The summed E-state index contributed by atoms with van der Waals surface area (Å²) in [5.41, 5.74) is 1.91.